The van der Waals surface area contributed by atoms with E-state index in [0.717, 1.165) is 43.6 Å². The number of fused-ring (bicyclic) bond motifs is 1. The highest BCUT2D eigenvalue weighted by molar-refractivity contribution is 6.31. The lowest BCUT2D eigenvalue weighted by Gasteiger charge is -2.32. The first-order chi connectivity index (χ1) is 14.6. The summed E-state index contributed by atoms with van der Waals surface area (Å²) in [5.41, 5.74) is 2.60. The van der Waals surface area contributed by atoms with Gasteiger partial charge in [-0.1, -0.05) is 17.7 Å². The van der Waals surface area contributed by atoms with Crippen LogP contribution in [0.1, 0.15) is 18.4 Å². The Hall–Kier alpha value is -2.51. The quantitative estimate of drug-likeness (QED) is 0.544. The zero-order valence-electron chi connectivity index (χ0n) is 16.9. The summed E-state index contributed by atoms with van der Waals surface area (Å²) in [4.78, 5) is 6.88. The number of nitrogens with one attached hydrogen (secondary N) is 1. The fraction of sp³-hybridized carbons (Fsp3) is 0.409. The largest absolute Gasteiger partial charge is 0.493 e. The lowest BCUT2D eigenvalue weighted by molar-refractivity contribution is 0.209. The van der Waals surface area contributed by atoms with Gasteiger partial charge in [-0.2, -0.15) is 4.98 Å². The van der Waals surface area contributed by atoms with E-state index in [2.05, 4.69) is 15.2 Å². The lowest BCUT2D eigenvalue weighted by Crippen LogP contribution is -2.38. The maximum atomic E-state index is 12.5. The van der Waals surface area contributed by atoms with Crippen LogP contribution in [0.5, 0.6) is 11.5 Å². The molecule has 0 unspecified atom stereocenters. The van der Waals surface area contributed by atoms with Crippen molar-refractivity contribution in [2.75, 3.05) is 38.8 Å². The minimum absolute atomic E-state index is 0.0267. The van der Waals surface area contributed by atoms with Gasteiger partial charge in [0.1, 0.15) is 18.8 Å². The Morgan fingerprint density at radius 2 is 2.03 bits per heavy atom. The van der Waals surface area contributed by atoms with Crippen molar-refractivity contribution in [1.82, 2.24) is 9.88 Å². The van der Waals surface area contributed by atoms with Crippen molar-refractivity contribution in [2.45, 2.75) is 25.4 Å². The van der Waals surface area contributed by atoms with Crippen LogP contribution in [0.3, 0.4) is 0 Å². The van der Waals surface area contributed by atoms with Crippen molar-refractivity contribution in [3.8, 4) is 11.5 Å². The van der Waals surface area contributed by atoms with Crippen LogP contribution in [-0.4, -0.2) is 49.4 Å². The van der Waals surface area contributed by atoms with E-state index in [9.17, 15) is 4.39 Å². The van der Waals surface area contributed by atoms with Crippen LogP contribution >= 0.6 is 11.6 Å². The Bertz CT molecular complexity index is 989. The van der Waals surface area contributed by atoms with Gasteiger partial charge < -0.3 is 19.2 Å². The molecular formula is C22H25ClFN3O3. The molecule has 1 aliphatic heterocycles. The molecule has 1 aromatic heterocycles. The van der Waals surface area contributed by atoms with Crippen LogP contribution in [0.25, 0.3) is 11.1 Å². The van der Waals surface area contributed by atoms with Crippen LogP contribution in [0.2, 0.25) is 5.02 Å². The number of methoxy groups -OCH3 is 1. The number of hydrogen-bond acceptors (Lipinski definition) is 6. The first kappa shape index (κ1) is 20.8. The molecule has 0 atom stereocenters. The van der Waals surface area contributed by atoms with Gasteiger partial charge in [-0.05, 0) is 42.7 Å². The van der Waals surface area contributed by atoms with E-state index in [1.54, 1.807) is 13.2 Å². The van der Waals surface area contributed by atoms with Crippen LogP contribution in [0.15, 0.2) is 40.8 Å². The van der Waals surface area contributed by atoms with Gasteiger partial charge in [-0.15, -0.1) is 0 Å². The minimum atomic E-state index is -0.527. The Morgan fingerprint density at radius 1 is 1.20 bits per heavy atom. The predicted molar refractivity (Wildman–Crippen MR) is 115 cm³/mol. The molecular weight excluding hydrogens is 409 g/mol. The molecule has 1 saturated heterocycles. The molecule has 0 amide bonds. The van der Waals surface area contributed by atoms with E-state index in [1.165, 1.54) is 0 Å². The fourth-order valence-electron chi connectivity index (χ4n) is 3.71. The van der Waals surface area contributed by atoms with Crippen LogP contribution in [-0.2, 0) is 6.54 Å². The lowest BCUT2D eigenvalue weighted by atomic mass is 10.0. The first-order valence-corrected chi connectivity index (χ1v) is 10.4. The molecule has 30 heavy (non-hydrogen) atoms. The first-order valence-electron chi connectivity index (χ1n) is 10.1. The summed E-state index contributed by atoms with van der Waals surface area (Å²) >= 11 is 6.01. The van der Waals surface area contributed by atoms with E-state index in [0.29, 0.717) is 34.2 Å². The van der Waals surface area contributed by atoms with Crippen LogP contribution < -0.4 is 14.8 Å². The highest BCUT2D eigenvalue weighted by atomic mass is 35.5. The number of aromatic nitrogens is 1. The Morgan fingerprint density at radius 3 is 2.80 bits per heavy atom. The third kappa shape index (κ3) is 4.96. The van der Waals surface area contributed by atoms with E-state index in [4.69, 9.17) is 25.5 Å². The maximum Gasteiger partial charge on any atom is 0.295 e. The third-order valence-corrected chi connectivity index (χ3v) is 5.47. The second-order valence-electron chi connectivity index (χ2n) is 7.35. The average Bonchev–Trinajstić information content (AvgIpc) is 3.15. The van der Waals surface area contributed by atoms with Gasteiger partial charge in [0.05, 0.1) is 7.11 Å². The number of likely N-dealkylation sites (tertiary alicyclic amines) is 1. The van der Waals surface area contributed by atoms with Crippen molar-refractivity contribution in [3.63, 3.8) is 0 Å². The van der Waals surface area contributed by atoms with Gasteiger partial charge in [0.2, 0.25) is 0 Å². The summed E-state index contributed by atoms with van der Waals surface area (Å²) in [5.74, 6) is 1.20. The number of anilines is 1. The van der Waals surface area contributed by atoms with Crippen molar-refractivity contribution in [2.24, 2.45) is 0 Å². The number of rotatable bonds is 8. The zero-order valence-corrected chi connectivity index (χ0v) is 17.6. The van der Waals surface area contributed by atoms with Gasteiger partial charge in [0.15, 0.2) is 17.1 Å². The molecule has 6 nitrogen and oxygen atoms in total. The van der Waals surface area contributed by atoms with Crippen molar-refractivity contribution in [3.05, 3.63) is 47.0 Å². The smallest absolute Gasteiger partial charge is 0.295 e. The standard InChI is InChI=1S/C22H25ClFN3O3/c1-28-19-5-2-15(12-21(19)29-11-8-24)14-27-9-6-17(7-10-27)25-22-26-18-4-3-16(23)13-20(18)30-22/h2-5,12-13,17H,6-11,14H2,1H3,(H,25,26). The van der Waals surface area contributed by atoms with Crippen molar-refractivity contribution in [1.29, 1.82) is 0 Å². The molecule has 0 radical (unpaired) electrons. The summed E-state index contributed by atoms with van der Waals surface area (Å²) < 4.78 is 29.0. The number of nitrogens with zero attached hydrogens (tertiary/aromatic N) is 2. The maximum absolute atomic E-state index is 12.5. The summed E-state index contributed by atoms with van der Waals surface area (Å²) in [5, 5.41) is 4.04. The Labute approximate surface area is 179 Å². The number of ether oxygens (including phenoxy) is 2. The van der Waals surface area contributed by atoms with Crippen molar-refractivity contribution >= 4 is 28.7 Å². The second kappa shape index (κ2) is 9.53. The molecule has 4 rings (SSSR count). The Kier molecular flexibility index (Phi) is 6.59. The molecule has 1 aliphatic rings. The van der Waals surface area contributed by atoms with Gasteiger partial charge in [0.25, 0.3) is 6.01 Å². The molecule has 8 heteroatoms. The van der Waals surface area contributed by atoms with E-state index in [-0.39, 0.29) is 6.61 Å². The van der Waals surface area contributed by atoms with Gasteiger partial charge in [0, 0.05) is 36.8 Å². The highest BCUT2D eigenvalue weighted by Gasteiger charge is 2.21. The van der Waals surface area contributed by atoms with E-state index >= 15 is 0 Å². The molecule has 0 spiro atoms. The predicted octanol–water partition coefficient (Wildman–Crippen LogP) is 4.91. The summed E-state index contributed by atoms with van der Waals surface area (Å²) in [6, 6.07) is 12.1. The monoisotopic (exact) mass is 433 g/mol. The summed E-state index contributed by atoms with van der Waals surface area (Å²) in [7, 11) is 1.58. The zero-order chi connectivity index (χ0) is 20.9. The average molecular weight is 434 g/mol. The number of halogens is 2. The SMILES string of the molecule is COc1ccc(CN2CCC(Nc3nc4ccc(Cl)cc4o3)CC2)cc1OCCF. The van der Waals surface area contributed by atoms with Gasteiger partial charge in [-0.3, -0.25) is 4.90 Å². The number of hydrogen-bond donors (Lipinski definition) is 1. The molecule has 0 saturated carbocycles. The van der Waals surface area contributed by atoms with Crippen LogP contribution in [0.4, 0.5) is 10.4 Å². The molecule has 2 aromatic carbocycles. The molecule has 2 heterocycles. The second-order valence-corrected chi connectivity index (χ2v) is 7.78. The van der Waals surface area contributed by atoms with E-state index < -0.39 is 6.67 Å². The van der Waals surface area contributed by atoms with Crippen LogP contribution in [0, 0.1) is 0 Å². The summed E-state index contributed by atoms with van der Waals surface area (Å²) in [6.07, 6.45) is 1.97. The topological polar surface area (TPSA) is 59.8 Å². The Balaban J connectivity index is 1.32. The summed E-state index contributed by atoms with van der Waals surface area (Å²) in [6.45, 7) is 2.22. The number of benzene rings is 2. The number of oxazole rings is 1. The van der Waals surface area contributed by atoms with E-state index in [1.807, 2.05) is 30.3 Å². The third-order valence-electron chi connectivity index (χ3n) is 5.23. The molecule has 0 bridgehead atoms. The molecule has 3 aromatic rings. The molecule has 1 N–H and O–H groups in total. The number of alkyl halides is 1. The number of piperidine rings is 1. The minimum Gasteiger partial charge on any atom is -0.493 e. The molecule has 1 fully saturated rings. The van der Waals surface area contributed by atoms with Gasteiger partial charge in [-0.25, -0.2) is 4.39 Å². The fourth-order valence-corrected chi connectivity index (χ4v) is 3.87. The highest BCUT2D eigenvalue weighted by Crippen LogP contribution is 2.29. The normalized spacial score (nSPS) is 15.4. The van der Waals surface area contributed by atoms with Gasteiger partial charge >= 0.3 is 0 Å². The molecule has 0 aliphatic carbocycles. The van der Waals surface area contributed by atoms with Crippen molar-refractivity contribution < 1.29 is 18.3 Å². The molecule has 160 valence electrons.